The number of carboxylic acid groups (broad SMARTS) is 1. The smallest absolute Gasteiger partial charge is 0.344 e. The van der Waals surface area contributed by atoms with Gasteiger partial charge in [0.05, 0.1) is 0 Å². The lowest BCUT2D eigenvalue weighted by Gasteiger charge is -2.31. The fourth-order valence-corrected chi connectivity index (χ4v) is 5.59. The molecule has 3 heteroatoms. The molecule has 0 saturated heterocycles. The van der Waals surface area contributed by atoms with Crippen LogP contribution in [0.2, 0.25) is 0 Å². The fraction of sp³-hybridized carbons (Fsp3) is 0.816. The standard InChI is InChI=1S/C38H68O3/c1-8-11-12-13-14-15-16-17-18-19-20-21-22-23-24-25-26-27-28-35(36(39)40)41-34-30-29-32(37(4,5)9-2)31-33(34)38(6,7)10-3/h29-31,35H,8-28H2,1-7H3,(H,39,40). The van der Waals surface area contributed by atoms with Crippen LogP contribution in [0.3, 0.4) is 0 Å². The minimum atomic E-state index is -0.852. The quantitative estimate of drug-likeness (QED) is 0.112. The Morgan fingerprint density at radius 1 is 0.659 bits per heavy atom. The Labute approximate surface area is 255 Å². The molecular weight excluding hydrogens is 504 g/mol. The molecule has 1 aromatic rings. The van der Waals surface area contributed by atoms with Gasteiger partial charge in [0, 0.05) is 5.56 Å². The van der Waals surface area contributed by atoms with Gasteiger partial charge in [-0.1, -0.05) is 170 Å². The highest BCUT2D eigenvalue weighted by atomic mass is 16.5. The van der Waals surface area contributed by atoms with Gasteiger partial charge >= 0.3 is 5.97 Å². The number of rotatable bonds is 26. The summed E-state index contributed by atoms with van der Waals surface area (Å²) in [5.41, 5.74) is 2.42. The number of carboxylic acids is 1. The summed E-state index contributed by atoms with van der Waals surface area (Å²) in [7, 11) is 0. The van der Waals surface area contributed by atoms with Gasteiger partial charge in [-0.05, 0) is 48.1 Å². The second-order valence-corrected chi connectivity index (χ2v) is 13.9. The van der Waals surface area contributed by atoms with E-state index in [9.17, 15) is 9.90 Å². The van der Waals surface area contributed by atoms with Gasteiger partial charge in [-0.25, -0.2) is 4.79 Å². The molecule has 0 aliphatic heterocycles. The zero-order valence-corrected chi connectivity index (χ0v) is 28.4. The largest absolute Gasteiger partial charge is 0.479 e. The van der Waals surface area contributed by atoms with E-state index >= 15 is 0 Å². The summed E-state index contributed by atoms with van der Waals surface area (Å²) in [6, 6.07) is 6.41. The van der Waals surface area contributed by atoms with Crippen LogP contribution in [-0.4, -0.2) is 17.2 Å². The first-order valence-corrected chi connectivity index (χ1v) is 17.6. The lowest BCUT2D eigenvalue weighted by molar-refractivity contribution is -0.145. The maximum absolute atomic E-state index is 12.1. The van der Waals surface area contributed by atoms with Gasteiger partial charge in [-0.2, -0.15) is 0 Å². The maximum atomic E-state index is 12.1. The first-order chi connectivity index (χ1) is 19.6. The summed E-state index contributed by atoms with van der Waals surface area (Å²) < 4.78 is 6.23. The van der Waals surface area contributed by atoms with E-state index in [1.54, 1.807) is 0 Å². The lowest BCUT2D eigenvalue weighted by Crippen LogP contribution is -2.29. The van der Waals surface area contributed by atoms with E-state index in [0.29, 0.717) is 6.42 Å². The highest BCUT2D eigenvalue weighted by Crippen LogP contribution is 2.39. The molecule has 0 aliphatic rings. The molecule has 238 valence electrons. The lowest BCUT2D eigenvalue weighted by atomic mass is 9.76. The van der Waals surface area contributed by atoms with Crippen molar-refractivity contribution in [1.29, 1.82) is 0 Å². The highest BCUT2D eigenvalue weighted by molar-refractivity contribution is 5.72. The normalized spacial score (nSPS) is 13.0. The Kier molecular flexibility index (Phi) is 19.4. The second kappa shape index (κ2) is 21.2. The molecule has 0 aliphatic carbocycles. The molecule has 1 atom stereocenters. The third-order valence-electron chi connectivity index (χ3n) is 9.62. The molecule has 1 rings (SSSR count). The van der Waals surface area contributed by atoms with Crippen LogP contribution in [0.25, 0.3) is 0 Å². The zero-order chi connectivity index (χ0) is 30.6. The Morgan fingerprint density at radius 2 is 1.07 bits per heavy atom. The van der Waals surface area contributed by atoms with Crippen LogP contribution >= 0.6 is 0 Å². The Morgan fingerprint density at radius 3 is 1.46 bits per heavy atom. The third-order valence-corrected chi connectivity index (χ3v) is 9.62. The summed E-state index contributed by atoms with van der Waals surface area (Å²) in [4.78, 5) is 12.1. The van der Waals surface area contributed by atoms with Gasteiger partial charge in [0.15, 0.2) is 6.10 Å². The molecule has 1 unspecified atom stereocenters. The third kappa shape index (κ3) is 15.5. The van der Waals surface area contributed by atoms with Crippen molar-refractivity contribution >= 4 is 5.97 Å². The van der Waals surface area contributed by atoms with Crippen molar-refractivity contribution in [1.82, 2.24) is 0 Å². The fourth-order valence-electron chi connectivity index (χ4n) is 5.59. The van der Waals surface area contributed by atoms with E-state index in [1.807, 2.05) is 6.07 Å². The van der Waals surface area contributed by atoms with E-state index in [1.165, 1.54) is 108 Å². The second-order valence-electron chi connectivity index (χ2n) is 13.9. The highest BCUT2D eigenvalue weighted by Gasteiger charge is 2.29. The first-order valence-electron chi connectivity index (χ1n) is 17.6. The summed E-state index contributed by atoms with van der Waals surface area (Å²) in [5.74, 6) is -0.113. The van der Waals surface area contributed by atoms with Gasteiger partial charge < -0.3 is 9.84 Å². The van der Waals surface area contributed by atoms with Crippen LogP contribution in [-0.2, 0) is 15.6 Å². The minimum Gasteiger partial charge on any atom is -0.479 e. The number of aliphatic carboxylic acids is 1. The van der Waals surface area contributed by atoms with Crippen molar-refractivity contribution in [3.63, 3.8) is 0 Å². The molecule has 0 saturated carbocycles. The van der Waals surface area contributed by atoms with E-state index in [-0.39, 0.29) is 10.8 Å². The molecule has 0 heterocycles. The molecule has 0 spiro atoms. The molecule has 41 heavy (non-hydrogen) atoms. The SMILES string of the molecule is CCCCCCCCCCCCCCCCCCCCC(Oc1ccc(C(C)(C)CC)cc1C(C)(C)CC)C(=O)O. The van der Waals surface area contributed by atoms with E-state index < -0.39 is 12.1 Å². The topological polar surface area (TPSA) is 46.5 Å². The van der Waals surface area contributed by atoms with E-state index in [0.717, 1.165) is 37.0 Å². The van der Waals surface area contributed by atoms with Crippen molar-refractivity contribution in [2.24, 2.45) is 0 Å². The Hall–Kier alpha value is -1.51. The predicted molar refractivity (Wildman–Crippen MR) is 179 cm³/mol. The number of hydrogen-bond donors (Lipinski definition) is 1. The number of hydrogen-bond acceptors (Lipinski definition) is 2. The van der Waals surface area contributed by atoms with Crippen molar-refractivity contribution < 1.29 is 14.6 Å². The first kappa shape index (κ1) is 37.5. The molecule has 3 nitrogen and oxygen atoms in total. The van der Waals surface area contributed by atoms with Gasteiger partial charge in [0.25, 0.3) is 0 Å². The molecular formula is C38H68O3. The average molecular weight is 573 g/mol. The van der Waals surface area contributed by atoms with Crippen LogP contribution in [0.4, 0.5) is 0 Å². The summed E-state index contributed by atoms with van der Waals surface area (Å²) >= 11 is 0. The van der Waals surface area contributed by atoms with Crippen molar-refractivity contribution in [2.75, 3.05) is 0 Å². The molecule has 0 fully saturated rings. The molecule has 0 amide bonds. The molecule has 0 bridgehead atoms. The maximum Gasteiger partial charge on any atom is 0.344 e. The van der Waals surface area contributed by atoms with Crippen LogP contribution in [0.1, 0.15) is 194 Å². The van der Waals surface area contributed by atoms with Crippen LogP contribution in [0.15, 0.2) is 18.2 Å². The summed E-state index contributed by atoms with van der Waals surface area (Å²) in [5, 5.41) is 9.93. The molecule has 0 radical (unpaired) electrons. The van der Waals surface area contributed by atoms with Crippen LogP contribution < -0.4 is 4.74 Å². The van der Waals surface area contributed by atoms with Gasteiger partial charge in [0.2, 0.25) is 0 Å². The van der Waals surface area contributed by atoms with Crippen molar-refractivity contribution in [3.8, 4) is 5.75 Å². The molecule has 1 N–H and O–H groups in total. The van der Waals surface area contributed by atoms with Gasteiger partial charge in [-0.3, -0.25) is 0 Å². The van der Waals surface area contributed by atoms with Crippen molar-refractivity contribution in [3.05, 3.63) is 29.3 Å². The Balaban J connectivity index is 2.30. The number of ether oxygens (including phenoxy) is 1. The van der Waals surface area contributed by atoms with Crippen LogP contribution in [0.5, 0.6) is 5.75 Å². The Bertz CT molecular complexity index is 810. The predicted octanol–water partition coefficient (Wildman–Crippen LogP) is 12.3. The minimum absolute atomic E-state index is 0.0776. The van der Waals surface area contributed by atoms with Gasteiger partial charge in [0.1, 0.15) is 5.75 Å². The van der Waals surface area contributed by atoms with E-state index in [4.69, 9.17) is 4.74 Å². The number of benzene rings is 1. The number of carbonyl (C=O) groups is 1. The van der Waals surface area contributed by atoms with Crippen molar-refractivity contribution in [2.45, 2.75) is 200 Å². The summed E-state index contributed by atoms with van der Waals surface area (Å²) in [6.45, 7) is 15.7. The monoisotopic (exact) mass is 573 g/mol. The van der Waals surface area contributed by atoms with E-state index in [2.05, 4.69) is 60.6 Å². The summed E-state index contributed by atoms with van der Waals surface area (Å²) in [6.07, 6.45) is 25.9. The average Bonchev–Trinajstić information content (AvgIpc) is 2.95. The number of unbranched alkanes of at least 4 members (excludes halogenated alkanes) is 17. The van der Waals surface area contributed by atoms with Crippen LogP contribution in [0, 0.1) is 0 Å². The molecule has 1 aromatic carbocycles. The molecule has 0 aromatic heterocycles. The van der Waals surface area contributed by atoms with Gasteiger partial charge in [-0.15, -0.1) is 0 Å². The zero-order valence-electron chi connectivity index (χ0n) is 28.4.